The zero-order chi connectivity index (χ0) is 13.7. The average Bonchev–Trinajstić information content (AvgIpc) is 2.61. The highest BCUT2D eigenvalue weighted by Crippen LogP contribution is 2.25. The van der Waals surface area contributed by atoms with Crippen LogP contribution in [0.4, 0.5) is 0 Å². The second kappa shape index (κ2) is 6.91. The molecule has 0 aliphatic carbocycles. The summed E-state index contributed by atoms with van der Waals surface area (Å²) < 4.78 is 6.13. The Morgan fingerprint density at radius 2 is 2.32 bits per heavy atom. The van der Waals surface area contributed by atoms with E-state index in [1.54, 1.807) is 7.11 Å². The Morgan fingerprint density at radius 1 is 1.47 bits per heavy atom. The van der Waals surface area contributed by atoms with E-state index in [-0.39, 0.29) is 11.9 Å². The van der Waals surface area contributed by atoms with Gasteiger partial charge in [-0.2, -0.15) is 0 Å². The highest BCUT2D eigenvalue weighted by Gasteiger charge is 2.19. The molecule has 5 heteroatoms. The number of carbonyl (C=O) groups excluding carboxylic acids is 1. The molecule has 19 heavy (non-hydrogen) atoms. The minimum atomic E-state index is -0.0802. The minimum Gasteiger partial charge on any atom is -0.496 e. The van der Waals surface area contributed by atoms with E-state index in [0.717, 1.165) is 41.6 Å². The summed E-state index contributed by atoms with van der Waals surface area (Å²) in [5.41, 5.74) is 1.13. The van der Waals surface area contributed by atoms with Crippen molar-refractivity contribution in [2.75, 3.05) is 13.7 Å². The molecule has 1 aromatic rings. The fraction of sp³-hybridized carbons (Fsp3) is 0.500. The van der Waals surface area contributed by atoms with Gasteiger partial charge in [-0.1, -0.05) is 6.07 Å². The number of halogens is 1. The van der Waals surface area contributed by atoms with Crippen molar-refractivity contribution < 1.29 is 9.53 Å². The fourth-order valence-electron chi connectivity index (χ4n) is 2.20. The molecule has 0 saturated carbocycles. The van der Waals surface area contributed by atoms with Gasteiger partial charge in [-0.15, -0.1) is 0 Å². The van der Waals surface area contributed by atoms with Gasteiger partial charge in [-0.25, -0.2) is 0 Å². The van der Waals surface area contributed by atoms with Gasteiger partial charge in [-0.3, -0.25) is 4.79 Å². The van der Waals surface area contributed by atoms with Gasteiger partial charge in [0.25, 0.3) is 0 Å². The molecule has 104 valence electrons. The second-order valence-corrected chi connectivity index (χ2v) is 5.54. The fourth-order valence-corrected chi connectivity index (χ4v) is 2.78. The number of carbonyl (C=O) groups is 1. The van der Waals surface area contributed by atoms with Crippen LogP contribution < -0.4 is 15.4 Å². The second-order valence-electron chi connectivity index (χ2n) is 4.69. The van der Waals surface area contributed by atoms with Crippen LogP contribution in [0, 0.1) is 0 Å². The van der Waals surface area contributed by atoms with Crippen molar-refractivity contribution in [1.82, 2.24) is 10.6 Å². The van der Waals surface area contributed by atoms with Gasteiger partial charge in [0.05, 0.1) is 17.6 Å². The van der Waals surface area contributed by atoms with E-state index < -0.39 is 0 Å². The molecule has 1 atom stereocenters. The third-order valence-corrected chi connectivity index (χ3v) is 3.92. The first-order valence-electron chi connectivity index (χ1n) is 6.54. The van der Waals surface area contributed by atoms with Crippen LogP contribution in [-0.4, -0.2) is 25.6 Å². The molecule has 2 N–H and O–H groups in total. The van der Waals surface area contributed by atoms with E-state index in [1.165, 1.54) is 0 Å². The zero-order valence-electron chi connectivity index (χ0n) is 11.0. The largest absolute Gasteiger partial charge is 0.496 e. The molecule has 1 aliphatic heterocycles. The maximum atomic E-state index is 11.8. The minimum absolute atomic E-state index is 0.0802. The van der Waals surface area contributed by atoms with Gasteiger partial charge in [0.1, 0.15) is 5.75 Å². The lowest BCUT2D eigenvalue weighted by molar-refractivity contribution is -0.122. The third-order valence-electron chi connectivity index (χ3n) is 3.30. The predicted molar refractivity (Wildman–Crippen MR) is 78.2 cm³/mol. The van der Waals surface area contributed by atoms with Crippen LogP contribution in [0.5, 0.6) is 5.75 Å². The lowest BCUT2D eigenvalue weighted by Crippen LogP contribution is -2.42. The van der Waals surface area contributed by atoms with E-state index in [4.69, 9.17) is 4.74 Å². The van der Waals surface area contributed by atoms with E-state index in [2.05, 4.69) is 26.6 Å². The van der Waals surface area contributed by atoms with Crippen molar-refractivity contribution >= 4 is 21.8 Å². The van der Waals surface area contributed by atoms with Crippen molar-refractivity contribution in [2.45, 2.75) is 31.8 Å². The Bertz CT molecular complexity index is 451. The molecule has 0 spiro atoms. The Hall–Kier alpha value is -1.07. The summed E-state index contributed by atoms with van der Waals surface area (Å²) in [6, 6.07) is 5.86. The zero-order valence-corrected chi connectivity index (χ0v) is 12.6. The van der Waals surface area contributed by atoms with Gasteiger partial charge in [0, 0.05) is 13.1 Å². The summed E-state index contributed by atoms with van der Waals surface area (Å²) in [5.74, 6) is 0.932. The summed E-state index contributed by atoms with van der Waals surface area (Å²) in [5, 5.41) is 6.25. The predicted octanol–water partition coefficient (Wildman–Crippen LogP) is 2.22. The number of benzene rings is 1. The summed E-state index contributed by atoms with van der Waals surface area (Å²) in [6.07, 6.45) is 3.06. The molecule has 1 saturated heterocycles. The van der Waals surface area contributed by atoms with Gasteiger partial charge < -0.3 is 15.4 Å². The van der Waals surface area contributed by atoms with E-state index in [1.807, 2.05) is 18.2 Å². The molecular weight excluding hydrogens is 308 g/mol. The molecule has 1 heterocycles. The van der Waals surface area contributed by atoms with Crippen LogP contribution in [0.25, 0.3) is 0 Å². The number of amides is 1. The lowest BCUT2D eigenvalue weighted by Gasteiger charge is -2.15. The van der Waals surface area contributed by atoms with Crippen LogP contribution in [0.1, 0.15) is 24.8 Å². The Labute approximate surface area is 122 Å². The molecule has 4 nitrogen and oxygen atoms in total. The number of hydrogen-bond donors (Lipinski definition) is 2. The maximum absolute atomic E-state index is 11.8. The summed E-state index contributed by atoms with van der Waals surface area (Å²) in [6.45, 7) is 1.48. The first-order valence-corrected chi connectivity index (χ1v) is 7.33. The summed E-state index contributed by atoms with van der Waals surface area (Å²) in [7, 11) is 1.65. The normalized spacial score (nSPS) is 19.7. The molecule has 1 aromatic carbocycles. The van der Waals surface area contributed by atoms with Crippen LogP contribution in [-0.2, 0) is 11.3 Å². The van der Waals surface area contributed by atoms with E-state index in [0.29, 0.717) is 6.54 Å². The molecule has 0 unspecified atom stereocenters. The highest BCUT2D eigenvalue weighted by atomic mass is 79.9. The van der Waals surface area contributed by atoms with Crippen LogP contribution in [0.3, 0.4) is 0 Å². The van der Waals surface area contributed by atoms with Crippen LogP contribution in [0.2, 0.25) is 0 Å². The van der Waals surface area contributed by atoms with Crippen molar-refractivity contribution in [3.63, 3.8) is 0 Å². The van der Waals surface area contributed by atoms with Gasteiger partial charge in [0.15, 0.2) is 0 Å². The maximum Gasteiger partial charge on any atom is 0.237 e. The lowest BCUT2D eigenvalue weighted by atomic mass is 10.1. The summed E-state index contributed by atoms with van der Waals surface area (Å²) >= 11 is 3.47. The molecule has 1 amide bonds. The Balaban J connectivity index is 1.94. The Kier molecular flexibility index (Phi) is 5.22. The van der Waals surface area contributed by atoms with Crippen molar-refractivity contribution in [3.05, 3.63) is 28.2 Å². The highest BCUT2D eigenvalue weighted by molar-refractivity contribution is 9.10. The van der Waals surface area contributed by atoms with Crippen LogP contribution >= 0.6 is 15.9 Å². The number of rotatable bonds is 4. The monoisotopic (exact) mass is 326 g/mol. The van der Waals surface area contributed by atoms with Gasteiger partial charge in [-0.05, 0) is 52.9 Å². The number of ether oxygens (including phenoxy) is 1. The van der Waals surface area contributed by atoms with E-state index >= 15 is 0 Å². The summed E-state index contributed by atoms with van der Waals surface area (Å²) in [4.78, 5) is 11.8. The molecule has 2 rings (SSSR count). The Morgan fingerprint density at radius 3 is 3.05 bits per heavy atom. The molecular formula is C14H19BrN2O2. The first kappa shape index (κ1) is 14.3. The quantitative estimate of drug-likeness (QED) is 0.892. The van der Waals surface area contributed by atoms with Gasteiger partial charge in [0.2, 0.25) is 5.91 Å². The molecule has 0 bridgehead atoms. The van der Waals surface area contributed by atoms with Crippen molar-refractivity contribution in [3.8, 4) is 5.75 Å². The molecule has 0 aromatic heterocycles. The topological polar surface area (TPSA) is 50.4 Å². The van der Waals surface area contributed by atoms with Crippen LogP contribution in [0.15, 0.2) is 22.7 Å². The number of nitrogens with one attached hydrogen (secondary N) is 2. The molecule has 1 aliphatic rings. The van der Waals surface area contributed by atoms with Crippen molar-refractivity contribution in [1.29, 1.82) is 0 Å². The SMILES string of the molecule is COc1ccc(CN[C@H]2CCCCNC2=O)cc1Br. The van der Waals surface area contributed by atoms with Crippen molar-refractivity contribution in [2.24, 2.45) is 0 Å². The van der Waals surface area contributed by atoms with E-state index in [9.17, 15) is 4.79 Å². The third kappa shape index (κ3) is 3.94. The first-order chi connectivity index (χ1) is 9.20. The molecule has 0 radical (unpaired) electrons. The smallest absolute Gasteiger partial charge is 0.237 e. The number of hydrogen-bond acceptors (Lipinski definition) is 3. The molecule has 1 fully saturated rings. The average molecular weight is 327 g/mol. The standard InChI is InChI=1S/C14H19BrN2O2/c1-19-13-6-5-10(8-11(13)15)9-17-12-4-2-3-7-16-14(12)18/h5-6,8,12,17H,2-4,7,9H2,1H3,(H,16,18)/t12-/m0/s1. The van der Waals surface area contributed by atoms with Gasteiger partial charge >= 0.3 is 0 Å². The number of methoxy groups -OCH3 is 1.